The van der Waals surface area contributed by atoms with Gasteiger partial charge in [0.05, 0.1) is 18.2 Å². The molecule has 0 spiro atoms. The lowest BCUT2D eigenvalue weighted by Gasteiger charge is -2.22. The molecule has 1 aliphatic rings. The first-order valence-electron chi connectivity index (χ1n) is 6.17. The van der Waals surface area contributed by atoms with Crippen molar-refractivity contribution in [3.8, 4) is 5.75 Å². The summed E-state index contributed by atoms with van der Waals surface area (Å²) in [5.41, 5.74) is 0.675. The van der Waals surface area contributed by atoms with Gasteiger partial charge in [0, 0.05) is 24.3 Å². The number of hydrogen-bond donors (Lipinski definition) is 2. The number of hydrogen-bond acceptors (Lipinski definition) is 3. The third-order valence-electron chi connectivity index (χ3n) is 2.99. The van der Waals surface area contributed by atoms with Crippen molar-refractivity contribution in [1.82, 2.24) is 4.90 Å². The van der Waals surface area contributed by atoms with Gasteiger partial charge in [0.15, 0.2) is 0 Å². The SMILES string of the molecule is COc1cc(NC(=O)N(CCO)C2CC2)ccc1Br. The van der Waals surface area contributed by atoms with Crippen molar-refractivity contribution < 1.29 is 14.6 Å². The van der Waals surface area contributed by atoms with Gasteiger partial charge in [-0.1, -0.05) is 0 Å². The van der Waals surface area contributed by atoms with Gasteiger partial charge in [0.1, 0.15) is 5.75 Å². The van der Waals surface area contributed by atoms with Crippen molar-refractivity contribution in [2.24, 2.45) is 0 Å². The molecule has 0 saturated heterocycles. The van der Waals surface area contributed by atoms with Crippen LogP contribution in [0.15, 0.2) is 22.7 Å². The minimum absolute atomic E-state index is 0.0203. The fraction of sp³-hybridized carbons (Fsp3) is 0.462. The monoisotopic (exact) mass is 328 g/mol. The first-order chi connectivity index (χ1) is 9.15. The molecular weight excluding hydrogens is 312 g/mol. The van der Waals surface area contributed by atoms with Gasteiger partial charge in [-0.3, -0.25) is 0 Å². The molecule has 0 unspecified atom stereocenters. The highest BCUT2D eigenvalue weighted by molar-refractivity contribution is 9.10. The topological polar surface area (TPSA) is 61.8 Å². The number of nitrogens with one attached hydrogen (secondary N) is 1. The molecule has 2 N–H and O–H groups in total. The lowest BCUT2D eigenvalue weighted by Crippen LogP contribution is -2.38. The lowest BCUT2D eigenvalue weighted by atomic mass is 10.3. The second-order valence-corrected chi connectivity index (χ2v) is 5.28. The summed E-state index contributed by atoms with van der Waals surface area (Å²) in [5, 5.41) is 11.8. The molecule has 6 heteroatoms. The number of rotatable bonds is 5. The third kappa shape index (κ3) is 3.61. The number of carbonyl (C=O) groups is 1. The molecule has 1 aromatic carbocycles. The van der Waals surface area contributed by atoms with E-state index in [9.17, 15) is 4.79 Å². The Bertz CT molecular complexity index is 463. The Morgan fingerprint density at radius 3 is 2.89 bits per heavy atom. The average Bonchev–Trinajstić information content (AvgIpc) is 3.22. The molecule has 0 aromatic heterocycles. The van der Waals surface area contributed by atoms with E-state index in [1.807, 2.05) is 6.07 Å². The molecular formula is C13H17BrN2O3. The summed E-state index contributed by atoms with van der Waals surface area (Å²) in [7, 11) is 1.58. The molecule has 1 aliphatic carbocycles. The normalized spacial score (nSPS) is 14.1. The van der Waals surface area contributed by atoms with E-state index in [4.69, 9.17) is 9.84 Å². The quantitative estimate of drug-likeness (QED) is 0.872. The molecule has 0 bridgehead atoms. The first kappa shape index (κ1) is 14.1. The van der Waals surface area contributed by atoms with Crippen molar-refractivity contribution >= 4 is 27.6 Å². The Morgan fingerprint density at radius 2 is 2.32 bits per heavy atom. The standard InChI is InChI=1S/C13H17BrN2O3/c1-19-12-8-9(2-5-11(12)14)15-13(18)16(6-7-17)10-3-4-10/h2,5,8,10,17H,3-4,6-7H2,1H3,(H,15,18). The van der Waals surface area contributed by atoms with Gasteiger partial charge in [-0.05, 0) is 40.9 Å². The van der Waals surface area contributed by atoms with Crippen LogP contribution in [0, 0.1) is 0 Å². The van der Waals surface area contributed by atoms with Crippen molar-refractivity contribution in [3.63, 3.8) is 0 Å². The minimum atomic E-state index is -0.180. The molecule has 0 aliphatic heterocycles. The molecule has 5 nitrogen and oxygen atoms in total. The number of halogens is 1. The predicted molar refractivity (Wildman–Crippen MR) is 76.5 cm³/mol. The van der Waals surface area contributed by atoms with Crippen LogP contribution in [-0.4, -0.2) is 42.3 Å². The number of amides is 2. The number of aliphatic hydroxyl groups is 1. The Morgan fingerprint density at radius 1 is 1.58 bits per heavy atom. The van der Waals surface area contributed by atoms with Crippen LogP contribution < -0.4 is 10.1 Å². The van der Waals surface area contributed by atoms with E-state index in [0.29, 0.717) is 18.0 Å². The molecule has 19 heavy (non-hydrogen) atoms. The van der Waals surface area contributed by atoms with E-state index >= 15 is 0 Å². The highest BCUT2D eigenvalue weighted by Gasteiger charge is 2.32. The second-order valence-electron chi connectivity index (χ2n) is 4.43. The second kappa shape index (κ2) is 6.25. The summed E-state index contributed by atoms with van der Waals surface area (Å²) >= 11 is 3.36. The van der Waals surface area contributed by atoms with Crippen LogP contribution in [0.2, 0.25) is 0 Å². The zero-order valence-corrected chi connectivity index (χ0v) is 12.3. The number of carbonyl (C=O) groups excluding carboxylic acids is 1. The summed E-state index contributed by atoms with van der Waals surface area (Å²) in [4.78, 5) is 13.8. The van der Waals surface area contributed by atoms with Gasteiger partial charge >= 0.3 is 6.03 Å². The minimum Gasteiger partial charge on any atom is -0.495 e. The number of benzene rings is 1. The van der Waals surface area contributed by atoms with Gasteiger partial charge in [-0.2, -0.15) is 0 Å². The number of ether oxygens (including phenoxy) is 1. The number of nitrogens with zero attached hydrogens (tertiary/aromatic N) is 1. The summed E-state index contributed by atoms with van der Waals surface area (Å²) in [5.74, 6) is 0.665. The highest BCUT2D eigenvalue weighted by Crippen LogP contribution is 2.29. The maximum absolute atomic E-state index is 12.1. The maximum Gasteiger partial charge on any atom is 0.322 e. The van der Waals surface area contributed by atoms with E-state index in [2.05, 4.69) is 21.2 Å². The van der Waals surface area contributed by atoms with Crippen molar-refractivity contribution in [2.45, 2.75) is 18.9 Å². The Hall–Kier alpha value is -1.27. The largest absolute Gasteiger partial charge is 0.495 e. The van der Waals surface area contributed by atoms with Crippen LogP contribution in [0.3, 0.4) is 0 Å². The van der Waals surface area contributed by atoms with Gasteiger partial charge in [-0.25, -0.2) is 4.79 Å². The van der Waals surface area contributed by atoms with Crippen LogP contribution in [0.25, 0.3) is 0 Å². The fourth-order valence-electron chi connectivity index (χ4n) is 1.88. The van der Waals surface area contributed by atoms with E-state index in [1.54, 1.807) is 24.1 Å². The van der Waals surface area contributed by atoms with E-state index < -0.39 is 0 Å². The van der Waals surface area contributed by atoms with Crippen LogP contribution >= 0.6 is 15.9 Å². The molecule has 2 amide bonds. The van der Waals surface area contributed by atoms with Crippen LogP contribution in [0.4, 0.5) is 10.5 Å². The van der Waals surface area contributed by atoms with Crippen LogP contribution in [0.1, 0.15) is 12.8 Å². The summed E-state index contributed by atoms with van der Waals surface area (Å²) < 4.78 is 6.02. The number of urea groups is 1. The Balaban J connectivity index is 2.04. The molecule has 1 aromatic rings. The smallest absolute Gasteiger partial charge is 0.322 e. The molecule has 0 heterocycles. The van der Waals surface area contributed by atoms with Gasteiger partial charge in [-0.15, -0.1) is 0 Å². The van der Waals surface area contributed by atoms with Gasteiger partial charge in [0.2, 0.25) is 0 Å². The van der Waals surface area contributed by atoms with Crippen molar-refractivity contribution in [2.75, 3.05) is 25.6 Å². The third-order valence-corrected chi connectivity index (χ3v) is 3.65. The molecule has 0 radical (unpaired) electrons. The predicted octanol–water partition coefficient (Wildman–Crippen LogP) is 2.45. The number of anilines is 1. The molecule has 104 valence electrons. The van der Waals surface area contributed by atoms with E-state index in [-0.39, 0.29) is 18.7 Å². The molecule has 0 atom stereocenters. The summed E-state index contributed by atoms with van der Waals surface area (Å²) in [6, 6.07) is 5.47. The molecule has 1 saturated carbocycles. The van der Waals surface area contributed by atoms with Crippen molar-refractivity contribution in [3.05, 3.63) is 22.7 Å². The summed E-state index contributed by atoms with van der Waals surface area (Å²) in [6.45, 7) is 0.345. The zero-order chi connectivity index (χ0) is 13.8. The molecule has 1 fully saturated rings. The maximum atomic E-state index is 12.1. The Labute approximate surface area is 120 Å². The number of aliphatic hydroxyl groups excluding tert-OH is 1. The first-order valence-corrected chi connectivity index (χ1v) is 6.97. The van der Waals surface area contributed by atoms with E-state index in [0.717, 1.165) is 17.3 Å². The Kier molecular flexibility index (Phi) is 4.66. The lowest BCUT2D eigenvalue weighted by molar-refractivity contribution is 0.185. The molecule has 2 rings (SSSR count). The van der Waals surface area contributed by atoms with Crippen molar-refractivity contribution in [1.29, 1.82) is 0 Å². The van der Waals surface area contributed by atoms with Crippen LogP contribution in [-0.2, 0) is 0 Å². The highest BCUT2D eigenvalue weighted by atomic mass is 79.9. The average molecular weight is 329 g/mol. The number of methoxy groups -OCH3 is 1. The zero-order valence-electron chi connectivity index (χ0n) is 10.7. The fourth-order valence-corrected chi connectivity index (χ4v) is 2.29. The van der Waals surface area contributed by atoms with Gasteiger partial charge in [0.25, 0.3) is 0 Å². The van der Waals surface area contributed by atoms with Crippen LogP contribution in [0.5, 0.6) is 5.75 Å². The van der Waals surface area contributed by atoms with E-state index in [1.165, 1.54) is 0 Å². The summed E-state index contributed by atoms with van der Waals surface area (Å²) in [6.07, 6.45) is 2.02. The van der Waals surface area contributed by atoms with Gasteiger partial charge < -0.3 is 20.1 Å².